The molecule has 0 radical (unpaired) electrons. The van der Waals surface area contributed by atoms with Crippen molar-refractivity contribution in [2.45, 2.75) is 39.2 Å². The Morgan fingerprint density at radius 3 is 2.74 bits per heavy atom. The zero-order valence-corrected chi connectivity index (χ0v) is 11.7. The molecule has 0 aromatic carbocycles. The van der Waals surface area contributed by atoms with E-state index < -0.39 is 5.60 Å². The van der Waals surface area contributed by atoms with Crippen LogP contribution in [-0.4, -0.2) is 29.7 Å². The molecule has 2 rings (SSSR count). The van der Waals surface area contributed by atoms with Gasteiger partial charge < -0.3 is 14.8 Å². The number of hydrogen-bond donors (Lipinski definition) is 0. The first-order valence-corrected chi connectivity index (χ1v) is 6.55. The highest BCUT2D eigenvalue weighted by atomic mass is 16.6. The van der Waals surface area contributed by atoms with Crippen LogP contribution in [0.2, 0.25) is 0 Å². The molecular weight excluding hydrogens is 244 g/mol. The van der Waals surface area contributed by atoms with Crippen molar-refractivity contribution >= 4 is 6.09 Å². The van der Waals surface area contributed by atoms with Gasteiger partial charge in [-0.15, -0.1) is 0 Å². The van der Waals surface area contributed by atoms with E-state index in [4.69, 9.17) is 4.74 Å². The summed E-state index contributed by atoms with van der Waals surface area (Å²) in [6.45, 7) is 6.66. The van der Waals surface area contributed by atoms with Crippen LogP contribution in [0.5, 0.6) is 0 Å². The summed E-state index contributed by atoms with van der Waals surface area (Å²) >= 11 is 0. The van der Waals surface area contributed by atoms with Crippen LogP contribution in [0.25, 0.3) is 0 Å². The molecule has 0 spiro atoms. The number of rotatable bonds is 0. The van der Waals surface area contributed by atoms with Crippen molar-refractivity contribution in [2.24, 2.45) is 0 Å². The molecule has 0 fully saturated rings. The van der Waals surface area contributed by atoms with Crippen LogP contribution in [0.4, 0.5) is 4.79 Å². The molecule has 1 aliphatic rings. The number of carbonyl (C=O) groups excluding carboxylic acids is 1. The third-order valence-electron chi connectivity index (χ3n) is 3.08. The standard InChI is InChI=1S/C14H20N2O3/c1-14(2,3)19-13(17)15-9-6-11-5-4-8-16(18)12(11)7-10-15/h4-5,8H,6-7,9-10H2,1-3H3. The normalized spacial score (nSPS) is 15.6. The molecule has 5 heteroatoms. The summed E-state index contributed by atoms with van der Waals surface area (Å²) in [6, 6.07) is 3.69. The molecule has 1 aliphatic heterocycles. The minimum absolute atomic E-state index is 0.308. The van der Waals surface area contributed by atoms with Crippen molar-refractivity contribution in [1.29, 1.82) is 0 Å². The Morgan fingerprint density at radius 2 is 2.05 bits per heavy atom. The molecule has 19 heavy (non-hydrogen) atoms. The van der Waals surface area contributed by atoms with Crippen LogP contribution in [0.15, 0.2) is 18.3 Å². The maximum Gasteiger partial charge on any atom is 0.410 e. The molecule has 0 atom stereocenters. The topological polar surface area (TPSA) is 56.5 Å². The van der Waals surface area contributed by atoms with Crippen molar-refractivity contribution < 1.29 is 14.3 Å². The SMILES string of the molecule is CC(C)(C)OC(=O)N1CCc2ccc[n+]([O-])c2CC1. The number of carbonyl (C=O) groups is 1. The van der Waals surface area contributed by atoms with Gasteiger partial charge in [-0.05, 0) is 33.3 Å². The van der Waals surface area contributed by atoms with Crippen molar-refractivity contribution in [1.82, 2.24) is 4.90 Å². The second kappa shape index (κ2) is 5.07. The van der Waals surface area contributed by atoms with Crippen molar-refractivity contribution in [2.75, 3.05) is 13.1 Å². The predicted molar refractivity (Wildman–Crippen MR) is 70.6 cm³/mol. The molecule has 0 saturated carbocycles. The number of pyridine rings is 1. The van der Waals surface area contributed by atoms with E-state index in [0.29, 0.717) is 25.9 Å². The quantitative estimate of drug-likeness (QED) is 0.529. The van der Waals surface area contributed by atoms with Crippen molar-refractivity contribution in [3.63, 3.8) is 0 Å². The van der Waals surface area contributed by atoms with Gasteiger partial charge in [0.05, 0.1) is 6.42 Å². The third kappa shape index (κ3) is 3.36. The van der Waals surface area contributed by atoms with Crippen molar-refractivity contribution in [3.8, 4) is 0 Å². The lowest BCUT2D eigenvalue weighted by Gasteiger charge is -2.26. The first-order chi connectivity index (χ1) is 8.87. The van der Waals surface area contributed by atoms with E-state index in [1.165, 1.54) is 6.20 Å². The molecule has 0 N–H and O–H groups in total. The summed E-state index contributed by atoms with van der Waals surface area (Å²) in [7, 11) is 0. The van der Waals surface area contributed by atoms with E-state index in [2.05, 4.69) is 0 Å². The zero-order chi connectivity index (χ0) is 14.0. The predicted octanol–water partition coefficient (Wildman–Crippen LogP) is 1.66. The molecular formula is C14H20N2O3. The molecule has 1 aromatic heterocycles. The molecule has 0 saturated heterocycles. The maximum atomic E-state index is 12.0. The van der Waals surface area contributed by atoms with Gasteiger partial charge in [0.2, 0.25) is 0 Å². The van der Waals surface area contributed by atoms with E-state index in [1.807, 2.05) is 26.8 Å². The molecule has 1 amide bonds. The van der Waals surface area contributed by atoms with E-state index in [0.717, 1.165) is 16.0 Å². The van der Waals surface area contributed by atoms with Crippen LogP contribution in [-0.2, 0) is 17.6 Å². The molecule has 0 unspecified atom stereocenters. The lowest BCUT2D eigenvalue weighted by atomic mass is 10.1. The van der Waals surface area contributed by atoms with Gasteiger partial charge in [-0.2, -0.15) is 4.73 Å². The molecule has 0 aliphatic carbocycles. The Hall–Kier alpha value is -1.78. The van der Waals surface area contributed by atoms with Gasteiger partial charge >= 0.3 is 6.09 Å². The fraction of sp³-hybridized carbons (Fsp3) is 0.571. The third-order valence-corrected chi connectivity index (χ3v) is 3.08. The van der Waals surface area contributed by atoms with Gasteiger partial charge in [0.25, 0.3) is 0 Å². The summed E-state index contributed by atoms with van der Waals surface area (Å²) < 4.78 is 6.26. The largest absolute Gasteiger partial charge is 0.618 e. The number of amides is 1. The number of hydrogen-bond acceptors (Lipinski definition) is 3. The van der Waals surface area contributed by atoms with Gasteiger partial charge in [-0.25, -0.2) is 4.79 Å². The Labute approximate surface area is 113 Å². The van der Waals surface area contributed by atoms with Gasteiger partial charge in [-0.1, -0.05) is 0 Å². The van der Waals surface area contributed by atoms with Gasteiger partial charge in [0.1, 0.15) is 5.60 Å². The molecule has 104 valence electrons. The smallest absolute Gasteiger partial charge is 0.410 e. The number of ether oxygens (including phenoxy) is 1. The minimum Gasteiger partial charge on any atom is -0.618 e. The Kier molecular flexibility index (Phi) is 3.64. The molecule has 1 aromatic rings. The van der Waals surface area contributed by atoms with Crippen LogP contribution >= 0.6 is 0 Å². The lowest BCUT2D eigenvalue weighted by Crippen LogP contribution is -2.39. The second-order valence-corrected chi connectivity index (χ2v) is 5.77. The second-order valence-electron chi connectivity index (χ2n) is 5.77. The molecule has 2 heterocycles. The number of aromatic nitrogens is 1. The van der Waals surface area contributed by atoms with E-state index in [1.54, 1.807) is 11.0 Å². The van der Waals surface area contributed by atoms with Gasteiger partial charge in [0, 0.05) is 24.7 Å². The van der Waals surface area contributed by atoms with Gasteiger partial charge in [-0.3, -0.25) is 0 Å². The fourth-order valence-corrected chi connectivity index (χ4v) is 2.18. The summed E-state index contributed by atoms with van der Waals surface area (Å²) in [6.07, 6.45) is 2.45. The maximum absolute atomic E-state index is 12.0. The summed E-state index contributed by atoms with van der Waals surface area (Å²) in [5.41, 5.74) is 1.28. The number of fused-ring (bicyclic) bond motifs is 1. The highest BCUT2D eigenvalue weighted by Crippen LogP contribution is 2.15. The van der Waals surface area contributed by atoms with Crippen molar-refractivity contribution in [3.05, 3.63) is 34.8 Å². The first kappa shape index (κ1) is 13.6. The lowest BCUT2D eigenvalue weighted by molar-refractivity contribution is -0.614. The summed E-state index contributed by atoms with van der Waals surface area (Å²) in [4.78, 5) is 13.7. The highest BCUT2D eigenvalue weighted by Gasteiger charge is 2.26. The average molecular weight is 264 g/mol. The summed E-state index contributed by atoms with van der Waals surface area (Å²) in [5, 5.41) is 11.7. The highest BCUT2D eigenvalue weighted by molar-refractivity contribution is 5.68. The van der Waals surface area contributed by atoms with Crippen LogP contribution in [0, 0.1) is 5.21 Å². The average Bonchev–Trinajstić information content (AvgIpc) is 2.50. The summed E-state index contributed by atoms with van der Waals surface area (Å²) in [5.74, 6) is 0. The Bertz CT molecular complexity index is 480. The van der Waals surface area contributed by atoms with E-state index in [9.17, 15) is 10.0 Å². The van der Waals surface area contributed by atoms with Crippen LogP contribution < -0.4 is 4.73 Å². The Morgan fingerprint density at radius 1 is 1.37 bits per heavy atom. The fourth-order valence-electron chi connectivity index (χ4n) is 2.18. The molecule has 5 nitrogen and oxygen atoms in total. The van der Waals surface area contributed by atoms with Crippen LogP contribution in [0.3, 0.4) is 0 Å². The molecule has 0 bridgehead atoms. The Balaban J connectivity index is 2.08. The van der Waals surface area contributed by atoms with Crippen LogP contribution in [0.1, 0.15) is 32.0 Å². The minimum atomic E-state index is -0.491. The first-order valence-electron chi connectivity index (χ1n) is 6.55. The zero-order valence-electron chi connectivity index (χ0n) is 11.7. The van der Waals surface area contributed by atoms with E-state index in [-0.39, 0.29) is 6.09 Å². The number of nitrogens with zero attached hydrogens (tertiary/aromatic N) is 2. The van der Waals surface area contributed by atoms with E-state index >= 15 is 0 Å². The monoisotopic (exact) mass is 264 g/mol. The van der Waals surface area contributed by atoms with Gasteiger partial charge in [0.15, 0.2) is 11.9 Å².